The standard InChI is InChI=1S/C15H14N2OS/c1-11-5-6-13-14(8-11)19-10-15(18)17(13)9-12-4-2-3-7-16-12/h2-8H,9-10H2,1H3. The molecule has 0 saturated carbocycles. The molecule has 96 valence electrons. The van der Waals surface area contributed by atoms with Gasteiger partial charge in [-0.3, -0.25) is 9.78 Å². The number of hydrogen-bond acceptors (Lipinski definition) is 3. The summed E-state index contributed by atoms with van der Waals surface area (Å²) < 4.78 is 0. The quantitative estimate of drug-likeness (QED) is 0.841. The molecule has 3 nitrogen and oxygen atoms in total. The van der Waals surface area contributed by atoms with E-state index < -0.39 is 0 Å². The van der Waals surface area contributed by atoms with Crippen LogP contribution in [-0.4, -0.2) is 16.6 Å². The Balaban J connectivity index is 1.95. The minimum atomic E-state index is 0.145. The normalized spacial score (nSPS) is 14.4. The predicted octanol–water partition coefficient (Wildman–Crippen LogP) is 3.03. The van der Waals surface area contributed by atoms with Crippen molar-refractivity contribution in [2.75, 3.05) is 10.7 Å². The molecule has 1 aliphatic heterocycles. The molecule has 0 atom stereocenters. The zero-order chi connectivity index (χ0) is 13.2. The van der Waals surface area contributed by atoms with Crippen LogP contribution in [0.2, 0.25) is 0 Å². The van der Waals surface area contributed by atoms with Crippen LogP contribution >= 0.6 is 11.8 Å². The van der Waals surface area contributed by atoms with Crippen molar-refractivity contribution in [2.45, 2.75) is 18.4 Å². The number of fused-ring (bicyclic) bond motifs is 1. The van der Waals surface area contributed by atoms with Crippen molar-refractivity contribution in [1.29, 1.82) is 0 Å². The Bertz CT molecular complexity index is 613. The van der Waals surface area contributed by atoms with Crippen molar-refractivity contribution >= 4 is 23.4 Å². The van der Waals surface area contributed by atoms with Gasteiger partial charge in [-0.15, -0.1) is 11.8 Å². The second-order valence-corrected chi connectivity index (χ2v) is 5.58. The highest BCUT2D eigenvalue weighted by Crippen LogP contribution is 2.36. The lowest BCUT2D eigenvalue weighted by Gasteiger charge is -2.29. The first-order valence-corrected chi connectivity index (χ1v) is 7.16. The van der Waals surface area contributed by atoms with E-state index in [1.165, 1.54) is 10.5 Å². The van der Waals surface area contributed by atoms with Crippen LogP contribution < -0.4 is 4.90 Å². The van der Waals surface area contributed by atoms with E-state index in [1.54, 1.807) is 18.0 Å². The fourth-order valence-electron chi connectivity index (χ4n) is 2.14. The molecular weight excluding hydrogens is 256 g/mol. The zero-order valence-electron chi connectivity index (χ0n) is 10.7. The number of pyridine rings is 1. The lowest BCUT2D eigenvalue weighted by molar-refractivity contribution is -0.116. The van der Waals surface area contributed by atoms with Gasteiger partial charge in [0.2, 0.25) is 5.91 Å². The van der Waals surface area contributed by atoms with Gasteiger partial charge < -0.3 is 4.90 Å². The van der Waals surface area contributed by atoms with E-state index in [0.717, 1.165) is 11.4 Å². The van der Waals surface area contributed by atoms with E-state index in [0.29, 0.717) is 12.3 Å². The molecule has 3 rings (SSSR count). The van der Waals surface area contributed by atoms with Gasteiger partial charge in [0.15, 0.2) is 0 Å². The molecule has 4 heteroatoms. The van der Waals surface area contributed by atoms with Gasteiger partial charge >= 0.3 is 0 Å². The van der Waals surface area contributed by atoms with E-state index in [9.17, 15) is 4.79 Å². The van der Waals surface area contributed by atoms with Gasteiger partial charge in [-0.05, 0) is 36.8 Å². The van der Waals surface area contributed by atoms with Crippen molar-refractivity contribution in [2.24, 2.45) is 0 Å². The Morgan fingerprint density at radius 1 is 1.32 bits per heavy atom. The number of aromatic nitrogens is 1. The van der Waals surface area contributed by atoms with Crippen LogP contribution in [-0.2, 0) is 11.3 Å². The number of rotatable bonds is 2. The van der Waals surface area contributed by atoms with E-state index in [1.807, 2.05) is 35.2 Å². The molecule has 0 N–H and O–H groups in total. The van der Waals surface area contributed by atoms with Crippen LogP contribution in [0.15, 0.2) is 47.5 Å². The fraction of sp³-hybridized carbons (Fsp3) is 0.200. The van der Waals surface area contributed by atoms with Crippen LogP contribution in [0, 0.1) is 6.92 Å². The number of nitrogens with zero attached hydrogens (tertiary/aromatic N) is 2. The number of amides is 1. The molecular formula is C15H14N2OS. The maximum absolute atomic E-state index is 12.1. The van der Waals surface area contributed by atoms with Crippen molar-refractivity contribution in [1.82, 2.24) is 4.98 Å². The van der Waals surface area contributed by atoms with Gasteiger partial charge in [-0.2, -0.15) is 0 Å². The van der Waals surface area contributed by atoms with Crippen LogP contribution in [0.1, 0.15) is 11.3 Å². The highest BCUT2D eigenvalue weighted by atomic mass is 32.2. The average molecular weight is 270 g/mol. The molecule has 0 bridgehead atoms. The molecule has 1 amide bonds. The first-order valence-electron chi connectivity index (χ1n) is 6.18. The highest BCUT2D eigenvalue weighted by molar-refractivity contribution is 8.00. The van der Waals surface area contributed by atoms with Gasteiger partial charge in [0.25, 0.3) is 0 Å². The largest absolute Gasteiger partial charge is 0.305 e. The van der Waals surface area contributed by atoms with Gasteiger partial charge in [0.05, 0.1) is 23.7 Å². The third-order valence-electron chi connectivity index (χ3n) is 3.10. The summed E-state index contributed by atoms with van der Waals surface area (Å²) in [6, 6.07) is 12.0. The molecule has 0 unspecified atom stereocenters. The summed E-state index contributed by atoms with van der Waals surface area (Å²) in [5.74, 6) is 0.649. The minimum Gasteiger partial charge on any atom is -0.305 e. The van der Waals surface area contributed by atoms with Crippen molar-refractivity contribution in [3.63, 3.8) is 0 Å². The summed E-state index contributed by atoms with van der Waals surface area (Å²) in [7, 11) is 0. The van der Waals surface area contributed by atoms with Crippen LogP contribution in [0.3, 0.4) is 0 Å². The summed E-state index contributed by atoms with van der Waals surface area (Å²) in [5, 5.41) is 0. The molecule has 1 aliphatic rings. The first kappa shape index (κ1) is 12.2. The summed E-state index contributed by atoms with van der Waals surface area (Å²) in [4.78, 5) is 19.4. The molecule has 0 aliphatic carbocycles. The van der Waals surface area contributed by atoms with Gasteiger partial charge in [-0.25, -0.2) is 0 Å². The molecule has 0 radical (unpaired) electrons. The van der Waals surface area contributed by atoms with Crippen LogP contribution in [0.25, 0.3) is 0 Å². The maximum atomic E-state index is 12.1. The molecule has 1 aromatic carbocycles. The van der Waals surface area contributed by atoms with Crippen molar-refractivity contribution in [3.8, 4) is 0 Å². The summed E-state index contributed by atoms with van der Waals surface area (Å²) in [6.45, 7) is 2.61. The second-order valence-electron chi connectivity index (χ2n) is 4.56. The Labute approximate surface area is 116 Å². The minimum absolute atomic E-state index is 0.145. The summed E-state index contributed by atoms with van der Waals surface area (Å²) in [5.41, 5.74) is 3.13. The lowest BCUT2D eigenvalue weighted by atomic mass is 10.2. The smallest absolute Gasteiger partial charge is 0.237 e. The van der Waals surface area contributed by atoms with E-state index in [4.69, 9.17) is 0 Å². The van der Waals surface area contributed by atoms with Crippen molar-refractivity contribution < 1.29 is 4.79 Å². The third-order valence-corrected chi connectivity index (χ3v) is 4.13. The predicted molar refractivity (Wildman–Crippen MR) is 77.3 cm³/mol. The molecule has 2 heterocycles. The second kappa shape index (κ2) is 5.05. The number of carbonyl (C=O) groups excluding carboxylic acids is 1. The van der Waals surface area contributed by atoms with Crippen molar-refractivity contribution in [3.05, 3.63) is 53.9 Å². The molecule has 0 saturated heterocycles. The number of benzene rings is 1. The number of carbonyl (C=O) groups is 1. The lowest BCUT2D eigenvalue weighted by Crippen LogP contribution is -2.35. The Hall–Kier alpha value is -1.81. The fourth-order valence-corrected chi connectivity index (χ4v) is 3.17. The molecule has 1 aromatic heterocycles. The number of aryl methyl sites for hydroxylation is 1. The molecule has 2 aromatic rings. The maximum Gasteiger partial charge on any atom is 0.237 e. The zero-order valence-corrected chi connectivity index (χ0v) is 11.5. The number of hydrogen-bond donors (Lipinski definition) is 0. The van der Waals surface area contributed by atoms with E-state index in [-0.39, 0.29) is 5.91 Å². The molecule has 0 spiro atoms. The number of thioether (sulfide) groups is 1. The van der Waals surface area contributed by atoms with E-state index >= 15 is 0 Å². The Morgan fingerprint density at radius 2 is 2.21 bits per heavy atom. The van der Waals surface area contributed by atoms with Gasteiger partial charge in [0.1, 0.15) is 0 Å². The van der Waals surface area contributed by atoms with Gasteiger partial charge in [-0.1, -0.05) is 12.1 Å². The average Bonchev–Trinajstić information content (AvgIpc) is 2.43. The van der Waals surface area contributed by atoms with Crippen LogP contribution in [0.4, 0.5) is 5.69 Å². The Kier molecular flexibility index (Phi) is 3.25. The van der Waals surface area contributed by atoms with E-state index in [2.05, 4.69) is 18.0 Å². The van der Waals surface area contributed by atoms with Gasteiger partial charge in [0, 0.05) is 11.1 Å². The summed E-state index contributed by atoms with van der Waals surface area (Å²) in [6.07, 6.45) is 1.76. The Morgan fingerprint density at radius 3 is 3.00 bits per heavy atom. The SMILES string of the molecule is Cc1ccc2c(c1)SCC(=O)N2Cc1ccccn1. The summed E-state index contributed by atoms with van der Waals surface area (Å²) >= 11 is 1.61. The third kappa shape index (κ3) is 2.49. The molecule has 19 heavy (non-hydrogen) atoms. The molecule has 0 fully saturated rings. The number of anilines is 1. The highest BCUT2D eigenvalue weighted by Gasteiger charge is 2.24. The van der Waals surface area contributed by atoms with Crippen LogP contribution in [0.5, 0.6) is 0 Å². The first-order chi connectivity index (χ1) is 9.24. The topological polar surface area (TPSA) is 33.2 Å². The monoisotopic (exact) mass is 270 g/mol.